The van der Waals surface area contributed by atoms with Crippen LogP contribution in [0.25, 0.3) is 0 Å². The van der Waals surface area contributed by atoms with Gasteiger partial charge in [-0.2, -0.15) is 0 Å². The highest BCUT2D eigenvalue weighted by Crippen LogP contribution is 2.39. The van der Waals surface area contributed by atoms with Crippen LogP contribution in [0, 0.1) is 5.92 Å². The lowest BCUT2D eigenvalue weighted by Crippen LogP contribution is -2.40. The molecule has 1 aromatic heterocycles. The molecule has 0 bridgehead atoms. The summed E-state index contributed by atoms with van der Waals surface area (Å²) in [7, 11) is -2.06. The lowest BCUT2D eigenvalue weighted by Gasteiger charge is -2.30. The van der Waals surface area contributed by atoms with Crippen LogP contribution in [0.1, 0.15) is 19.8 Å². The molecule has 2 aromatic rings. The first kappa shape index (κ1) is 15.8. The topological polar surface area (TPSA) is 59.5 Å². The van der Waals surface area contributed by atoms with Gasteiger partial charge >= 0.3 is 0 Å². The maximum absolute atomic E-state index is 13.1. The molecule has 1 aromatic carbocycles. The molecule has 1 aliphatic rings. The van der Waals surface area contributed by atoms with Crippen molar-refractivity contribution in [1.82, 2.24) is 4.98 Å². The van der Waals surface area contributed by atoms with E-state index < -0.39 is 10.0 Å². The Morgan fingerprint density at radius 2 is 1.91 bits per heavy atom. The highest BCUT2D eigenvalue weighted by molar-refractivity contribution is 7.92. The van der Waals surface area contributed by atoms with Crippen LogP contribution in [0.2, 0.25) is 0 Å². The molecule has 3 rings (SSSR count). The van der Waals surface area contributed by atoms with Crippen molar-refractivity contribution >= 4 is 15.7 Å². The van der Waals surface area contributed by atoms with Crippen molar-refractivity contribution in [1.29, 1.82) is 0 Å². The summed E-state index contributed by atoms with van der Waals surface area (Å²) in [6.07, 6.45) is 5.10. The number of sulfonamides is 1. The summed E-state index contributed by atoms with van der Waals surface area (Å²) in [4.78, 5) is 4.16. The minimum atomic E-state index is -3.65. The van der Waals surface area contributed by atoms with E-state index in [0.717, 1.165) is 12.8 Å². The number of benzene rings is 1. The van der Waals surface area contributed by atoms with E-state index in [0.29, 0.717) is 17.4 Å². The fourth-order valence-corrected chi connectivity index (χ4v) is 4.39. The van der Waals surface area contributed by atoms with Crippen LogP contribution in [0.15, 0.2) is 53.7 Å². The molecule has 5 nitrogen and oxygen atoms in total. The Morgan fingerprint density at radius 1 is 1.22 bits per heavy atom. The van der Waals surface area contributed by atoms with Gasteiger partial charge in [-0.05, 0) is 62.1 Å². The molecule has 0 unspecified atom stereocenters. The lowest BCUT2D eigenvalue weighted by atomic mass is 10.2. The standard InChI is InChI=1S/C17H20N2O3S/c1-13(14-5-6-14)19(15-7-9-16(22-2)10-8-15)23(20,21)17-4-3-11-18-12-17/h3-4,7-14H,5-6H2,1-2H3/t13-/m1/s1. The Labute approximate surface area is 137 Å². The molecule has 1 aliphatic carbocycles. The second kappa shape index (κ2) is 6.20. The van der Waals surface area contributed by atoms with Gasteiger partial charge in [-0.1, -0.05) is 0 Å². The van der Waals surface area contributed by atoms with Crippen LogP contribution >= 0.6 is 0 Å². The van der Waals surface area contributed by atoms with E-state index in [2.05, 4.69) is 4.98 Å². The molecule has 6 heteroatoms. The number of hydrogen-bond donors (Lipinski definition) is 0. The number of ether oxygens (including phenoxy) is 1. The number of hydrogen-bond acceptors (Lipinski definition) is 4. The highest BCUT2D eigenvalue weighted by Gasteiger charge is 2.38. The van der Waals surface area contributed by atoms with Gasteiger partial charge in [-0.25, -0.2) is 8.42 Å². The van der Waals surface area contributed by atoms with Crippen molar-refractivity contribution < 1.29 is 13.2 Å². The Bertz CT molecular complexity index is 756. The molecule has 0 amide bonds. The van der Waals surface area contributed by atoms with Gasteiger partial charge in [0.15, 0.2) is 0 Å². The zero-order valence-corrected chi connectivity index (χ0v) is 14.0. The molecular weight excluding hydrogens is 312 g/mol. The average molecular weight is 332 g/mol. The molecule has 0 aliphatic heterocycles. The molecule has 0 spiro atoms. The lowest BCUT2D eigenvalue weighted by molar-refractivity contribution is 0.415. The van der Waals surface area contributed by atoms with Gasteiger partial charge < -0.3 is 4.74 Å². The van der Waals surface area contributed by atoms with Gasteiger partial charge in [-0.3, -0.25) is 9.29 Å². The summed E-state index contributed by atoms with van der Waals surface area (Å²) >= 11 is 0. The van der Waals surface area contributed by atoms with E-state index in [4.69, 9.17) is 4.74 Å². The zero-order chi connectivity index (χ0) is 16.4. The second-order valence-electron chi connectivity index (χ2n) is 5.77. The Morgan fingerprint density at radius 3 is 2.43 bits per heavy atom. The molecule has 122 valence electrons. The molecule has 1 fully saturated rings. The molecular formula is C17H20N2O3S. The van der Waals surface area contributed by atoms with Gasteiger partial charge in [0.25, 0.3) is 10.0 Å². The van der Waals surface area contributed by atoms with Gasteiger partial charge in [-0.15, -0.1) is 0 Å². The van der Waals surface area contributed by atoms with E-state index >= 15 is 0 Å². The number of nitrogens with zero attached hydrogens (tertiary/aromatic N) is 2. The smallest absolute Gasteiger partial charge is 0.266 e. The number of aromatic nitrogens is 1. The van der Waals surface area contributed by atoms with E-state index in [1.807, 2.05) is 6.92 Å². The SMILES string of the molecule is COc1ccc(N([C@H](C)C2CC2)S(=O)(=O)c2cccnc2)cc1. The third-order valence-electron chi connectivity index (χ3n) is 4.19. The molecule has 0 radical (unpaired) electrons. The number of anilines is 1. The van der Waals surface area contributed by atoms with Crippen molar-refractivity contribution in [2.24, 2.45) is 5.92 Å². The Hall–Kier alpha value is -2.08. The number of rotatable bonds is 6. The number of methoxy groups -OCH3 is 1. The monoisotopic (exact) mass is 332 g/mol. The van der Waals surface area contributed by atoms with Crippen LogP contribution in [-0.2, 0) is 10.0 Å². The summed E-state index contributed by atoms with van der Waals surface area (Å²) in [6.45, 7) is 1.97. The quantitative estimate of drug-likeness (QED) is 0.815. The highest BCUT2D eigenvalue weighted by atomic mass is 32.2. The van der Waals surface area contributed by atoms with E-state index in [9.17, 15) is 8.42 Å². The second-order valence-corrected chi connectivity index (χ2v) is 7.58. The normalized spacial score (nSPS) is 15.9. The first-order chi connectivity index (χ1) is 11.0. The molecule has 1 heterocycles. The minimum Gasteiger partial charge on any atom is -0.497 e. The van der Waals surface area contributed by atoms with Gasteiger partial charge in [0.05, 0.1) is 12.8 Å². The maximum atomic E-state index is 13.1. The van der Waals surface area contributed by atoms with Crippen molar-refractivity contribution in [3.05, 3.63) is 48.8 Å². The predicted octanol–water partition coefficient (Wildman–Crippen LogP) is 3.08. The molecule has 1 atom stereocenters. The van der Waals surface area contributed by atoms with E-state index in [1.54, 1.807) is 49.7 Å². The van der Waals surface area contributed by atoms with E-state index in [1.165, 1.54) is 10.5 Å². The predicted molar refractivity (Wildman–Crippen MR) is 89.1 cm³/mol. The van der Waals surface area contributed by atoms with Crippen molar-refractivity contribution in [3.8, 4) is 5.75 Å². The summed E-state index contributed by atoms with van der Waals surface area (Å²) in [5.41, 5.74) is 0.647. The summed E-state index contributed by atoms with van der Waals surface area (Å²) in [5.74, 6) is 1.11. The first-order valence-electron chi connectivity index (χ1n) is 7.62. The average Bonchev–Trinajstić information content (AvgIpc) is 3.41. The first-order valence-corrected chi connectivity index (χ1v) is 9.06. The van der Waals surface area contributed by atoms with E-state index in [-0.39, 0.29) is 10.9 Å². The molecule has 0 saturated heterocycles. The maximum Gasteiger partial charge on any atom is 0.266 e. The third-order valence-corrected chi connectivity index (χ3v) is 6.09. The molecule has 1 saturated carbocycles. The largest absolute Gasteiger partial charge is 0.497 e. The summed E-state index contributed by atoms with van der Waals surface area (Å²) < 4.78 is 32.9. The van der Waals surface area contributed by atoms with Gasteiger partial charge in [0.2, 0.25) is 0 Å². The van der Waals surface area contributed by atoms with Crippen molar-refractivity contribution in [3.63, 3.8) is 0 Å². The van der Waals surface area contributed by atoms with Crippen molar-refractivity contribution in [2.45, 2.75) is 30.7 Å². The van der Waals surface area contributed by atoms with Crippen LogP contribution in [-0.4, -0.2) is 26.6 Å². The summed E-state index contributed by atoms with van der Waals surface area (Å²) in [6, 6.07) is 10.3. The molecule has 23 heavy (non-hydrogen) atoms. The Kier molecular flexibility index (Phi) is 4.26. The number of pyridine rings is 1. The fraction of sp³-hybridized carbons (Fsp3) is 0.353. The van der Waals surface area contributed by atoms with Crippen LogP contribution in [0.3, 0.4) is 0 Å². The van der Waals surface area contributed by atoms with Crippen molar-refractivity contribution in [2.75, 3.05) is 11.4 Å². The van der Waals surface area contributed by atoms with Gasteiger partial charge in [0.1, 0.15) is 10.6 Å². The van der Waals surface area contributed by atoms with Crippen LogP contribution < -0.4 is 9.04 Å². The fourth-order valence-electron chi connectivity index (χ4n) is 2.71. The van der Waals surface area contributed by atoms with Gasteiger partial charge in [0, 0.05) is 18.4 Å². The minimum absolute atomic E-state index is 0.0893. The Balaban J connectivity index is 2.04. The third kappa shape index (κ3) is 3.17. The van der Waals surface area contributed by atoms with Crippen LogP contribution in [0.5, 0.6) is 5.75 Å². The van der Waals surface area contributed by atoms with Crippen LogP contribution in [0.4, 0.5) is 5.69 Å². The summed E-state index contributed by atoms with van der Waals surface area (Å²) in [5, 5.41) is 0. The zero-order valence-electron chi connectivity index (χ0n) is 13.2. The molecule has 0 N–H and O–H groups in total.